The molecule has 3 atom stereocenters. The topological polar surface area (TPSA) is 6.48 Å². The number of likely N-dealkylation sites (tertiary alicyclic amines) is 1. The standard InChI is InChI=1S/C12H24N2/c1-10(5-4-6-13(2)3)8-14-9-11-7-12(11)14/h10-12H,4-9H2,1-3H3. The minimum absolute atomic E-state index is 0.900. The summed E-state index contributed by atoms with van der Waals surface area (Å²) in [6.07, 6.45) is 4.26. The molecule has 2 rings (SSSR count). The Morgan fingerprint density at radius 3 is 2.71 bits per heavy atom. The van der Waals surface area contributed by atoms with E-state index in [1.807, 2.05) is 0 Å². The van der Waals surface area contributed by atoms with Gasteiger partial charge in [-0.2, -0.15) is 0 Å². The van der Waals surface area contributed by atoms with Gasteiger partial charge in [0.15, 0.2) is 0 Å². The zero-order valence-electron chi connectivity index (χ0n) is 9.87. The predicted molar refractivity (Wildman–Crippen MR) is 60.4 cm³/mol. The first kappa shape index (κ1) is 10.4. The maximum absolute atomic E-state index is 2.69. The van der Waals surface area contributed by atoms with Gasteiger partial charge in [-0.3, -0.25) is 4.90 Å². The van der Waals surface area contributed by atoms with Crippen molar-refractivity contribution in [2.24, 2.45) is 11.8 Å². The van der Waals surface area contributed by atoms with Crippen molar-refractivity contribution in [3.05, 3.63) is 0 Å². The molecule has 2 heteroatoms. The van der Waals surface area contributed by atoms with Crippen LogP contribution in [0.1, 0.15) is 26.2 Å². The summed E-state index contributed by atoms with van der Waals surface area (Å²) >= 11 is 0. The molecule has 0 aromatic rings. The zero-order chi connectivity index (χ0) is 10.1. The number of hydrogen-bond donors (Lipinski definition) is 0. The Balaban J connectivity index is 1.52. The van der Waals surface area contributed by atoms with Gasteiger partial charge in [0.2, 0.25) is 0 Å². The van der Waals surface area contributed by atoms with Crippen LogP contribution in [-0.4, -0.2) is 49.6 Å². The van der Waals surface area contributed by atoms with Crippen LogP contribution in [0.15, 0.2) is 0 Å². The third kappa shape index (κ3) is 2.48. The monoisotopic (exact) mass is 196 g/mol. The molecule has 2 nitrogen and oxygen atoms in total. The molecule has 0 amide bonds. The van der Waals surface area contributed by atoms with Crippen molar-refractivity contribution in [1.29, 1.82) is 0 Å². The molecular formula is C12H24N2. The van der Waals surface area contributed by atoms with Crippen molar-refractivity contribution in [3.8, 4) is 0 Å². The lowest BCUT2D eigenvalue weighted by Gasteiger charge is -2.32. The Bertz CT molecular complexity index is 191. The highest BCUT2D eigenvalue weighted by atomic mass is 15.3. The Labute approximate surface area is 88.3 Å². The van der Waals surface area contributed by atoms with E-state index in [1.165, 1.54) is 38.9 Å². The molecule has 1 aliphatic carbocycles. The summed E-state index contributed by atoms with van der Waals surface area (Å²) in [5, 5.41) is 0. The fourth-order valence-corrected chi connectivity index (χ4v) is 2.63. The van der Waals surface area contributed by atoms with Crippen molar-refractivity contribution in [2.75, 3.05) is 33.7 Å². The third-order valence-electron chi connectivity index (χ3n) is 3.67. The molecule has 0 aromatic heterocycles. The molecule has 3 unspecified atom stereocenters. The van der Waals surface area contributed by atoms with E-state index in [1.54, 1.807) is 0 Å². The maximum Gasteiger partial charge on any atom is 0.0140 e. The van der Waals surface area contributed by atoms with E-state index in [4.69, 9.17) is 0 Å². The van der Waals surface area contributed by atoms with Gasteiger partial charge in [-0.25, -0.2) is 0 Å². The number of hydrogen-bond acceptors (Lipinski definition) is 2. The van der Waals surface area contributed by atoms with Gasteiger partial charge < -0.3 is 4.90 Å². The van der Waals surface area contributed by atoms with Crippen molar-refractivity contribution in [3.63, 3.8) is 0 Å². The van der Waals surface area contributed by atoms with Crippen molar-refractivity contribution >= 4 is 0 Å². The van der Waals surface area contributed by atoms with Crippen LogP contribution in [-0.2, 0) is 0 Å². The van der Waals surface area contributed by atoms with Gasteiger partial charge in [0.25, 0.3) is 0 Å². The van der Waals surface area contributed by atoms with Crippen molar-refractivity contribution in [2.45, 2.75) is 32.2 Å². The predicted octanol–water partition coefficient (Wildman–Crippen LogP) is 1.67. The number of fused-ring (bicyclic) bond motifs is 1. The van der Waals surface area contributed by atoms with E-state index in [0.717, 1.165) is 17.9 Å². The first-order valence-corrected chi connectivity index (χ1v) is 6.05. The first-order valence-electron chi connectivity index (χ1n) is 6.05. The summed E-state index contributed by atoms with van der Waals surface area (Å²) in [5.41, 5.74) is 0. The zero-order valence-corrected chi connectivity index (χ0v) is 9.87. The average molecular weight is 196 g/mol. The minimum atomic E-state index is 0.900. The van der Waals surface area contributed by atoms with Gasteiger partial charge in [-0.1, -0.05) is 6.92 Å². The van der Waals surface area contributed by atoms with Crippen LogP contribution in [0.2, 0.25) is 0 Å². The Morgan fingerprint density at radius 1 is 1.43 bits per heavy atom. The quantitative estimate of drug-likeness (QED) is 0.637. The molecule has 82 valence electrons. The van der Waals surface area contributed by atoms with E-state index >= 15 is 0 Å². The summed E-state index contributed by atoms with van der Waals surface area (Å²) in [6.45, 7) is 6.42. The smallest absolute Gasteiger partial charge is 0.0140 e. The molecule has 0 aromatic carbocycles. The molecule has 0 spiro atoms. The van der Waals surface area contributed by atoms with Gasteiger partial charge in [0.05, 0.1) is 0 Å². The Kier molecular flexibility index (Phi) is 3.13. The molecule has 1 saturated carbocycles. The van der Waals surface area contributed by atoms with Crippen LogP contribution in [0.25, 0.3) is 0 Å². The van der Waals surface area contributed by atoms with Gasteiger partial charge in [0, 0.05) is 19.1 Å². The minimum Gasteiger partial charge on any atom is -0.309 e. The van der Waals surface area contributed by atoms with Gasteiger partial charge in [-0.15, -0.1) is 0 Å². The fraction of sp³-hybridized carbons (Fsp3) is 1.00. The van der Waals surface area contributed by atoms with Crippen LogP contribution < -0.4 is 0 Å². The molecule has 1 saturated heterocycles. The van der Waals surface area contributed by atoms with Gasteiger partial charge >= 0.3 is 0 Å². The molecule has 0 N–H and O–H groups in total. The molecule has 2 aliphatic rings. The van der Waals surface area contributed by atoms with E-state index in [0.29, 0.717) is 0 Å². The first-order chi connectivity index (χ1) is 6.66. The van der Waals surface area contributed by atoms with E-state index < -0.39 is 0 Å². The highest BCUT2D eigenvalue weighted by Gasteiger charge is 2.51. The lowest BCUT2D eigenvalue weighted by Crippen LogP contribution is -2.41. The van der Waals surface area contributed by atoms with Crippen LogP contribution in [0.4, 0.5) is 0 Å². The fourth-order valence-electron chi connectivity index (χ4n) is 2.63. The largest absolute Gasteiger partial charge is 0.309 e. The lowest BCUT2D eigenvalue weighted by atomic mass is 10.0. The second-order valence-electron chi connectivity index (χ2n) is 5.57. The molecule has 14 heavy (non-hydrogen) atoms. The lowest BCUT2D eigenvalue weighted by molar-refractivity contribution is 0.141. The summed E-state index contributed by atoms with van der Waals surface area (Å²) in [6, 6.07) is 1.02. The number of nitrogens with zero attached hydrogens (tertiary/aromatic N) is 2. The molecular weight excluding hydrogens is 172 g/mol. The highest BCUT2D eigenvalue weighted by molar-refractivity contribution is 5.06. The van der Waals surface area contributed by atoms with Crippen molar-refractivity contribution in [1.82, 2.24) is 9.80 Å². The molecule has 1 heterocycles. The maximum atomic E-state index is 2.69. The summed E-state index contributed by atoms with van der Waals surface area (Å²) < 4.78 is 0. The second-order valence-corrected chi connectivity index (χ2v) is 5.57. The van der Waals surface area contributed by atoms with Gasteiger partial charge in [-0.05, 0) is 51.7 Å². The highest BCUT2D eigenvalue weighted by Crippen LogP contribution is 2.46. The van der Waals surface area contributed by atoms with Crippen LogP contribution >= 0.6 is 0 Å². The molecule has 2 fully saturated rings. The van der Waals surface area contributed by atoms with E-state index in [9.17, 15) is 0 Å². The third-order valence-corrected chi connectivity index (χ3v) is 3.67. The van der Waals surface area contributed by atoms with Crippen LogP contribution in [0.5, 0.6) is 0 Å². The van der Waals surface area contributed by atoms with E-state index in [2.05, 4.69) is 30.8 Å². The normalized spacial score (nSPS) is 32.6. The summed E-state index contributed by atoms with van der Waals surface area (Å²) in [5.74, 6) is 2.01. The second kappa shape index (κ2) is 4.19. The van der Waals surface area contributed by atoms with E-state index in [-0.39, 0.29) is 0 Å². The SMILES string of the molecule is CC(CCCN(C)C)CN1CC2CC21. The molecule has 1 aliphatic heterocycles. The van der Waals surface area contributed by atoms with Crippen LogP contribution in [0, 0.1) is 11.8 Å². The van der Waals surface area contributed by atoms with Crippen LogP contribution in [0.3, 0.4) is 0 Å². The summed E-state index contributed by atoms with van der Waals surface area (Å²) in [7, 11) is 4.32. The van der Waals surface area contributed by atoms with Crippen molar-refractivity contribution < 1.29 is 0 Å². The molecule has 0 radical (unpaired) electrons. The molecule has 0 bridgehead atoms. The van der Waals surface area contributed by atoms with Gasteiger partial charge in [0.1, 0.15) is 0 Å². The number of rotatable bonds is 6. The Morgan fingerprint density at radius 2 is 2.21 bits per heavy atom. The average Bonchev–Trinajstić information content (AvgIpc) is 2.72. The summed E-state index contributed by atoms with van der Waals surface area (Å²) in [4.78, 5) is 4.97. The Hall–Kier alpha value is -0.0800.